The van der Waals surface area contributed by atoms with Gasteiger partial charge in [0.15, 0.2) is 0 Å². The molecule has 0 aromatic rings. The molecule has 3 nitrogen and oxygen atoms in total. The van der Waals surface area contributed by atoms with Crippen molar-refractivity contribution >= 4 is 10.1 Å². The molecule has 1 N–H and O–H groups in total. The Kier molecular flexibility index (Phi) is 4.31. The number of halogens is 6. The van der Waals surface area contributed by atoms with Gasteiger partial charge in [-0.1, -0.05) is 6.08 Å². The van der Waals surface area contributed by atoms with Gasteiger partial charge in [-0.3, -0.25) is 4.55 Å². The highest BCUT2D eigenvalue weighted by atomic mass is 32.2. The zero-order chi connectivity index (χ0) is 20.9. The molecule has 8 atom stereocenters. The minimum Gasteiger partial charge on any atom is -0.285 e. The molecule has 0 aromatic carbocycles. The first-order chi connectivity index (χ1) is 12.8. The van der Waals surface area contributed by atoms with Crippen LogP contribution in [0.15, 0.2) is 12.7 Å². The molecule has 0 aliphatic heterocycles. The number of allylic oxidation sites excluding steroid dienone is 1. The van der Waals surface area contributed by atoms with Crippen LogP contribution in [0.1, 0.15) is 32.1 Å². The first kappa shape index (κ1) is 20.5. The summed E-state index contributed by atoms with van der Waals surface area (Å²) >= 11 is 0. The third kappa shape index (κ3) is 2.36. The number of alkyl halides is 6. The monoisotopic (exact) mass is 432 g/mol. The molecule has 160 valence electrons. The third-order valence-electron chi connectivity index (χ3n) is 8.22. The summed E-state index contributed by atoms with van der Waals surface area (Å²) in [6.07, 6.45) is -8.38. The average Bonchev–Trinajstić information content (AvgIpc) is 3.25. The molecular weight excluding hydrogens is 410 g/mol. The van der Waals surface area contributed by atoms with Crippen LogP contribution in [0, 0.1) is 47.3 Å². The van der Waals surface area contributed by atoms with Gasteiger partial charge in [-0.05, 0) is 73.5 Å². The zero-order valence-electron chi connectivity index (χ0n) is 14.9. The smallest absolute Gasteiger partial charge is 0.285 e. The fourth-order valence-corrected chi connectivity index (χ4v) is 8.87. The first-order valence-corrected chi connectivity index (χ1v) is 10.9. The summed E-state index contributed by atoms with van der Waals surface area (Å²) in [5, 5.41) is 0. The summed E-state index contributed by atoms with van der Waals surface area (Å²) in [5.41, 5.74) is 0. The fraction of sp³-hybridized carbons (Fsp3) is 0.889. The normalized spacial score (nSPS) is 41.3. The summed E-state index contributed by atoms with van der Waals surface area (Å²) in [7, 11) is -6.56. The Hall–Kier alpha value is -0.770. The van der Waals surface area contributed by atoms with Crippen LogP contribution >= 0.6 is 0 Å². The largest absolute Gasteiger partial charge is 0.420 e. The quantitative estimate of drug-likeness (QED) is 0.299. The lowest BCUT2D eigenvalue weighted by molar-refractivity contribution is -0.283. The highest BCUT2D eigenvalue weighted by Crippen LogP contribution is 2.71. The average molecular weight is 432 g/mol. The van der Waals surface area contributed by atoms with E-state index < -0.39 is 39.1 Å². The van der Waals surface area contributed by atoms with Crippen LogP contribution in [0.3, 0.4) is 0 Å². The lowest BCUT2D eigenvalue weighted by Crippen LogP contribution is -2.67. The van der Waals surface area contributed by atoms with Crippen molar-refractivity contribution in [3.8, 4) is 0 Å². The fourth-order valence-electron chi connectivity index (χ4n) is 7.67. The summed E-state index contributed by atoms with van der Waals surface area (Å²) in [5.74, 6) is -2.77. The van der Waals surface area contributed by atoms with Crippen LogP contribution in [0.5, 0.6) is 0 Å². The Morgan fingerprint density at radius 2 is 1.43 bits per heavy atom. The van der Waals surface area contributed by atoms with Gasteiger partial charge in [0.05, 0.1) is 0 Å². The molecule has 10 heteroatoms. The van der Waals surface area contributed by atoms with E-state index in [0.717, 1.165) is 19.3 Å². The molecule has 0 radical (unpaired) electrons. The van der Waals surface area contributed by atoms with Gasteiger partial charge in [0, 0.05) is 5.92 Å². The van der Waals surface area contributed by atoms with Crippen molar-refractivity contribution in [3.05, 3.63) is 12.7 Å². The van der Waals surface area contributed by atoms with E-state index in [1.165, 1.54) is 0 Å². The molecule has 8 unspecified atom stereocenters. The second-order valence-corrected chi connectivity index (χ2v) is 10.6. The number of hydrogen-bond acceptors (Lipinski definition) is 2. The SMILES string of the molecule is C=CC(C1CC2CC1C1C3CCC(C3)C21)C(C(F)(F)F)(C(F)(F)F)S(=O)(=O)O. The maximum Gasteiger partial charge on any atom is 0.420 e. The summed E-state index contributed by atoms with van der Waals surface area (Å²) in [6, 6.07) is 0. The summed E-state index contributed by atoms with van der Waals surface area (Å²) in [6.45, 7) is 3.15. The van der Waals surface area contributed by atoms with E-state index >= 15 is 0 Å². The van der Waals surface area contributed by atoms with Gasteiger partial charge in [-0.15, -0.1) is 6.58 Å². The lowest BCUT2D eigenvalue weighted by Gasteiger charge is -2.46. The minimum atomic E-state index is -6.56. The molecule has 4 aliphatic carbocycles. The van der Waals surface area contributed by atoms with Crippen molar-refractivity contribution < 1.29 is 39.3 Å². The Morgan fingerprint density at radius 3 is 1.89 bits per heavy atom. The van der Waals surface area contributed by atoms with Gasteiger partial charge >= 0.3 is 12.4 Å². The molecule has 4 bridgehead atoms. The maximum absolute atomic E-state index is 13.8. The Bertz CT molecular complexity index is 759. The Balaban J connectivity index is 1.80. The molecule has 0 spiro atoms. The molecule has 28 heavy (non-hydrogen) atoms. The van der Waals surface area contributed by atoms with E-state index in [2.05, 4.69) is 6.58 Å². The van der Waals surface area contributed by atoms with Gasteiger partial charge in [-0.2, -0.15) is 34.8 Å². The number of rotatable bonds is 4. The second-order valence-electron chi connectivity index (χ2n) is 9.01. The van der Waals surface area contributed by atoms with E-state index in [1.807, 2.05) is 0 Å². The van der Waals surface area contributed by atoms with E-state index in [-0.39, 0.29) is 24.2 Å². The van der Waals surface area contributed by atoms with Crippen molar-refractivity contribution in [1.82, 2.24) is 0 Å². The molecule has 0 heterocycles. The van der Waals surface area contributed by atoms with Crippen LogP contribution in [0.4, 0.5) is 26.3 Å². The summed E-state index contributed by atoms with van der Waals surface area (Å²) < 4.78 is 110. The molecular formula is C18H22F6O3S. The van der Waals surface area contributed by atoms with Crippen molar-refractivity contribution in [2.75, 3.05) is 0 Å². The van der Waals surface area contributed by atoms with Crippen molar-refractivity contribution in [1.29, 1.82) is 0 Å². The molecule has 4 saturated carbocycles. The van der Waals surface area contributed by atoms with Crippen molar-refractivity contribution in [2.45, 2.75) is 49.2 Å². The van der Waals surface area contributed by atoms with Crippen molar-refractivity contribution in [3.63, 3.8) is 0 Å². The van der Waals surface area contributed by atoms with Gasteiger partial charge < -0.3 is 0 Å². The molecule has 0 saturated heterocycles. The maximum atomic E-state index is 13.8. The molecule has 4 rings (SSSR count). The van der Waals surface area contributed by atoms with E-state index in [4.69, 9.17) is 0 Å². The van der Waals surface area contributed by atoms with Crippen LogP contribution in [0.25, 0.3) is 0 Å². The molecule has 4 fully saturated rings. The Labute approximate surface area is 159 Å². The minimum absolute atomic E-state index is 0.0262. The number of hydrogen-bond donors (Lipinski definition) is 1. The number of fused-ring (bicyclic) bond motifs is 9. The predicted molar refractivity (Wildman–Crippen MR) is 87.6 cm³/mol. The zero-order valence-corrected chi connectivity index (χ0v) is 15.7. The molecule has 0 aromatic heterocycles. The highest BCUT2D eigenvalue weighted by molar-refractivity contribution is 7.87. The molecule has 0 amide bonds. The van der Waals surface area contributed by atoms with Gasteiger partial charge in [0.25, 0.3) is 14.9 Å². The van der Waals surface area contributed by atoms with Gasteiger partial charge in [-0.25, -0.2) is 0 Å². The second kappa shape index (κ2) is 5.89. The van der Waals surface area contributed by atoms with Crippen LogP contribution in [0.2, 0.25) is 0 Å². The van der Waals surface area contributed by atoms with E-state index in [9.17, 15) is 39.3 Å². The third-order valence-corrected chi connectivity index (χ3v) is 9.77. The van der Waals surface area contributed by atoms with E-state index in [1.54, 1.807) is 0 Å². The summed E-state index contributed by atoms with van der Waals surface area (Å²) in [4.78, 5) is 0. The first-order valence-electron chi connectivity index (χ1n) is 9.48. The van der Waals surface area contributed by atoms with Gasteiger partial charge in [0.1, 0.15) is 0 Å². The standard InChI is InChI=1S/C18H22F6O3S/c1-2-13(16(17(19,20)21,18(22,23)24)28(25,26)27)11-6-10-7-12(11)15-9-4-3-8(5-9)14(10)15/h2,8-15H,1,3-7H2,(H,25,26,27). The van der Waals surface area contributed by atoms with E-state index in [0.29, 0.717) is 30.3 Å². The lowest BCUT2D eigenvalue weighted by atomic mass is 9.62. The molecule has 4 aliphatic rings. The van der Waals surface area contributed by atoms with Gasteiger partial charge in [0.2, 0.25) is 0 Å². The Morgan fingerprint density at radius 1 is 0.893 bits per heavy atom. The van der Waals surface area contributed by atoms with Crippen molar-refractivity contribution in [2.24, 2.45) is 47.3 Å². The van der Waals surface area contributed by atoms with Crippen LogP contribution in [-0.4, -0.2) is 30.1 Å². The highest BCUT2D eigenvalue weighted by Gasteiger charge is 2.83. The van der Waals surface area contributed by atoms with Crippen LogP contribution in [-0.2, 0) is 10.1 Å². The predicted octanol–water partition coefficient (Wildman–Crippen LogP) is 4.86. The topological polar surface area (TPSA) is 54.4 Å². The van der Waals surface area contributed by atoms with Crippen LogP contribution < -0.4 is 0 Å².